The minimum Gasteiger partial charge on any atom is -0.452 e. The molecule has 2 atom stereocenters. The van der Waals surface area contributed by atoms with E-state index in [1.165, 1.54) is 35.5 Å². The van der Waals surface area contributed by atoms with E-state index in [4.69, 9.17) is 9.47 Å². The lowest BCUT2D eigenvalue weighted by Crippen LogP contribution is -2.40. The third-order valence-electron chi connectivity index (χ3n) is 6.65. The molecule has 3 fully saturated rings. The number of carbonyl (C=O) groups is 3. The van der Waals surface area contributed by atoms with Crippen LogP contribution in [-0.4, -0.2) is 80.4 Å². The molecule has 1 N–H and O–H groups in total. The van der Waals surface area contributed by atoms with E-state index in [0.717, 1.165) is 25.7 Å². The van der Waals surface area contributed by atoms with Crippen LogP contribution in [-0.2, 0) is 33.9 Å². The third kappa shape index (κ3) is 5.42. The highest BCUT2D eigenvalue weighted by Gasteiger charge is 2.40. The van der Waals surface area contributed by atoms with E-state index >= 15 is 0 Å². The van der Waals surface area contributed by atoms with Gasteiger partial charge in [0.15, 0.2) is 6.10 Å². The maximum Gasteiger partial charge on any atom is 0.312 e. The molecule has 4 rings (SSSR count). The van der Waals surface area contributed by atoms with Crippen molar-refractivity contribution in [1.29, 1.82) is 0 Å². The molecule has 2 aliphatic heterocycles. The second-order valence-electron chi connectivity index (χ2n) is 8.99. The van der Waals surface area contributed by atoms with Crippen molar-refractivity contribution in [2.75, 3.05) is 38.2 Å². The number of esters is 1. The number of sulfonamides is 1. The highest BCUT2D eigenvalue weighted by Crippen LogP contribution is 2.30. The average molecular weight is 494 g/mol. The zero-order valence-electron chi connectivity index (χ0n) is 19.3. The van der Waals surface area contributed by atoms with Gasteiger partial charge in [-0.3, -0.25) is 14.4 Å². The summed E-state index contributed by atoms with van der Waals surface area (Å²) in [6, 6.07) is 6.06. The number of amides is 2. The molecule has 0 bridgehead atoms. The monoisotopic (exact) mass is 493 g/mol. The molecule has 0 spiro atoms. The van der Waals surface area contributed by atoms with Gasteiger partial charge in [0, 0.05) is 37.8 Å². The highest BCUT2D eigenvalue weighted by molar-refractivity contribution is 7.89. The fourth-order valence-electron chi connectivity index (χ4n) is 4.67. The summed E-state index contributed by atoms with van der Waals surface area (Å²) in [5.74, 6) is -1.68. The molecule has 11 heteroatoms. The first-order valence-corrected chi connectivity index (χ1v) is 13.2. The van der Waals surface area contributed by atoms with Crippen molar-refractivity contribution < 1.29 is 32.3 Å². The Morgan fingerprint density at radius 3 is 2.41 bits per heavy atom. The molecule has 2 saturated heterocycles. The van der Waals surface area contributed by atoms with Gasteiger partial charge in [0.2, 0.25) is 15.9 Å². The molecule has 10 nitrogen and oxygen atoms in total. The normalized spacial score (nSPS) is 23.1. The summed E-state index contributed by atoms with van der Waals surface area (Å²) < 4.78 is 37.3. The van der Waals surface area contributed by atoms with E-state index in [0.29, 0.717) is 38.5 Å². The molecule has 1 aromatic rings. The van der Waals surface area contributed by atoms with Gasteiger partial charge in [-0.25, -0.2) is 8.42 Å². The molecule has 0 unspecified atom stereocenters. The van der Waals surface area contributed by atoms with Crippen molar-refractivity contribution in [3.63, 3.8) is 0 Å². The fraction of sp³-hybridized carbons (Fsp3) is 0.609. The van der Waals surface area contributed by atoms with Crippen molar-refractivity contribution in [3.8, 4) is 0 Å². The first-order valence-electron chi connectivity index (χ1n) is 11.7. The van der Waals surface area contributed by atoms with Crippen LogP contribution in [0.4, 0.5) is 5.69 Å². The van der Waals surface area contributed by atoms with Gasteiger partial charge < -0.3 is 19.7 Å². The lowest BCUT2D eigenvalue weighted by atomic mass is 10.1. The summed E-state index contributed by atoms with van der Waals surface area (Å²) >= 11 is 0. The first-order chi connectivity index (χ1) is 16.3. The van der Waals surface area contributed by atoms with Crippen molar-refractivity contribution >= 4 is 33.5 Å². The minimum absolute atomic E-state index is 0.0296. The fourth-order valence-corrected chi connectivity index (χ4v) is 6.08. The molecule has 0 radical (unpaired) electrons. The Kier molecular flexibility index (Phi) is 7.54. The number of benzene rings is 1. The van der Waals surface area contributed by atoms with Crippen LogP contribution in [0, 0.1) is 5.92 Å². The molecule has 1 aliphatic carbocycles. The van der Waals surface area contributed by atoms with Gasteiger partial charge in [0.05, 0.1) is 24.0 Å². The lowest BCUT2D eigenvalue weighted by Gasteiger charge is -2.26. The van der Waals surface area contributed by atoms with E-state index in [9.17, 15) is 22.8 Å². The molecule has 1 saturated carbocycles. The summed E-state index contributed by atoms with van der Waals surface area (Å²) in [4.78, 5) is 39.3. The molecule has 2 heterocycles. The molecular weight excluding hydrogens is 462 g/mol. The Bertz CT molecular complexity index is 1020. The number of nitrogens with zero attached hydrogens (tertiary/aromatic N) is 2. The van der Waals surface area contributed by atoms with Gasteiger partial charge in [-0.2, -0.15) is 4.31 Å². The Morgan fingerprint density at radius 1 is 1.12 bits per heavy atom. The van der Waals surface area contributed by atoms with E-state index in [1.807, 2.05) is 0 Å². The summed E-state index contributed by atoms with van der Waals surface area (Å²) in [6.07, 6.45) is 3.20. The number of rotatable bonds is 7. The Morgan fingerprint density at radius 2 is 1.76 bits per heavy atom. The molecule has 186 valence electrons. The topological polar surface area (TPSA) is 122 Å². The number of nitrogens with one attached hydrogen (secondary N) is 1. The zero-order valence-corrected chi connectivity index (χ0v) is 20.1. The van der Waals surface area contributed by atoms with E-state index in [1.54, 1.807) is 4.90 Å². The van der Waals surface area contributed by atoms with Crippen LogP contribution in [0.1, 0.15) is 39.0 Å². The zero-order chi connectivity index (χ0) is 24.3. The van der Waals surface area contributed by atoms with Crippen LogP contribution in [0.5, 0.6) is 0 Å². The number of hydrogen-bond acceptors (Lipinski definition) is 7. The van der Waals surface area contributed by atoms with Gasteiger partial charge in [0.1, 0.15) is 0 Å². The SMILES string of the molecule is C[C@H](OC(=O)[C@@H]1CC(=O)N(C2CCCC2)C1)C(=O)Nc1ccc(S(=O)(=O)N2CCOCC2)cc1. The van der Waals surface area contributed by atoms with E-state index in [2.05, 4.69) is 5.32 Å². The van der Waals surface area contributed by atoms with Gasteiger partial charge in [-0.1, -0.05) is 12.8 Å². The highest BCUT2D eigenvalue weighted by atomic mass is 32.2. The molecule has 1 aromatic carbocycles. The van der Waals surface area contributed by atoms with E-state index in [-0.39, 0.29) is 23.3 Å². The summed E-state index contributed by atoms with van der Waals surface area (Å²) in [5.41, 5.74) is 0.386. The Hall–Kier alpha value is -2.50. The van der Waals surface area contributed by atoms with Crippen LogP contribution in [0.3, 0.4) is 0 Å². The Balaban J connectivity index is 1.29. The van der Waals surface area contributed by atoms with Gasteiger partial charge in [-0.05, 0) is 44.0 Å². The van der Waals surface area contributed by atoms with Crippen molar-refractivity contribution in [1.82, 2.24) is 9.21 Å². The van der Waals surface area contributed by atoms with Crippen molar-refractivity contribution in [2.24, 2.45) is 5.92 Å². The summed E-state index contributed by atoms with van der Waals surface area (Å²) in [6.45, 7) is 3.13. The van der Waals surface area contributed by atoms with Crippen molar-refractivity contribution in [2.45, 2.75) is 56.1 Å². The van der Waals surface area contributed by atoms with Crippen LogP contribution < -0.4 is 5.32 Å². The second-order valence-corrected chi connectivity index (χ2v) is 10.9. The Labute approximate surface area is 199 Å². The smallest absolute Gasteiger partial charge is 0.312 e. The van der Waals surface area contributed by atoms with Gasteiger partial charge in [0.25, 0.3) is 5.91 Å². The number of hydrogen-bond donors (Lipinski definition) is 1. The standard InChI is InChI=1S/C23H31N3O7S/c1-16(33-23(29)17-14-21(27)26(15-17)19-4-2-3-5-19)22(28)24-18-6-8-20(9-7-18)34(30,31)25-10-12-32-13-11-25/h6-9,16-17,19H,2-5,10-15H2,1H3,(H,24,28)/t16-,17+/m0/s1. The third-order valence-corrected chi connectivity index (χ3v) is 8.56. The maximum atomic E-state index is 12.7. The lowest BCUT2D eigenvalue weighted by molar-refractivity contribution is -0.157. The predicted molar refractivity (Wildman–Crippen MR) is 122 cm³/mol. The van der Waals surface area contributed by atoms with Gasteiger partial charge >= 0.3 is 5.97 Å². The second kappa shape index (κ2) is 10.4. The largest absolute Gasteiger partial charge is 0.452 e. The van der Waals surface area contributed by atoms with E-state index < -0.39 is 33.9 Å². The maximum absolute atomic E-state index is 12.7. The van der Waals surface area contributed by atoms with Crippen LogP contribution in [0.15, 0.2) is 29.2 Å². The minimum atomic E-state index is -3.62. The van der Waals surface area contributed by atoms with Crippen LogP contribution in [0.2, 0.25) is 0 Å². The molecular formula is C23H31N3O7S. The molecule has 3 aliphatic rings. The number of carbonyl (C=O) groups excluding carboxylic acids is 3. The van der Waals surface area contributed by atoms with Crippen LogP contribution >= 0.6 is 0 Å². The van der Waals surface area contributed by atoms with Gasteiger partial charge in [-0.15, -0.1) is 0 Å². The molecule has 2 amide bonds. The van der Waals surface area contributed by atoms with Crippen molar-refractivity contribution in [3.05, 3.63) is 24.3 Å². The average Bonchev–Trinajstić information content (AvgIpc) is 3.49. The molecule has 34 heavy (non-hydrogen) atoms. The number of likely N-dealkylation sites (tertiary alicyclic amines) is 1. The first kappa shape index (κ1) is 24.6. The number of morpholine rings is 1. The van der Waals surface area contributed by atoms with Crippen LogP contribution in [0.25, 0.3) is 0 Å². The summed E-state index contributed by atoms with van der Waals surface area (Å²) in [5, 5.41) is 2.64. The quantitative estimate of drug-likeness (QED) is 0.569. The number of anilines is 1. The predicted octanol–water partition coefficient (Wildman–Crippen LogP) is 1.37. The molecule has 0 aromatic heterocycles. The summed E-state index contributed by atoms with van der Waals surface area (Å²) in [7, 11) is -3.62. The number of ether oxygens (including phenoxy) is 2.